The van der Waals surface area contributed by atoms with Gasteiger partial charge in [-0.1, -0.05) is 78.5 Å². The Hall–Kier alpha value is -0.470. The molecule has 23 heavy (non-hydrogen) atoms. The lowest BCUT2D eigenvalue weighted by atomic mass is 9.95. The van der Waals surface area contributed by atoms with Crippen LogP contribution in [-0.4, -0.2) is 19.0 Å². The number of ether oxygens (including phenoxy) is 1. The SMILES string of the molecule is CCCCCC[C@H](CSc1c(C(C)C)cccc1C(C)C)OC. The third-order valence-corrected chi connectivity index (χ3v) is 5.75. The first-order valence-corrected chi connectivity index (χ1v) is 10.3. The van der Waals surface area contributed by atoms with Crippen LogP contribution < -0.4 is 0 Å². The van der Waals surface area contributed by atoms with E-state index < -0.39 is 0 Å². The summed E-state index contributed by atoms with van der Waals surface area (Å²) in [5.74, 6) is 2.20. The number of methoxy groups -OCH3 is 1. The molecule has 0 spiro atoms. The normalized spacial score (nSPS) is 13.0. The van der Waals surface area contributed by atoms with Crippen molar-refractivity contribution < 1.29 is 4.74 Å². The number of benzene rings is 1. The predicted octanol–water partition coefficient (Wildman–Crippen LogP) is 7.01. The fraction of sp³-hybridized carbons (Fsp3) is 0.714. The molecule has 0 fully saturated rings. The van der Waals surface area contributed by atoms with E-state index in [-0.39, 0.29) is 0 Å². The van der Waals surface area contributed by atoms with Crippen LogP contribution in [0.15, 0.2) is 23.1 Å². The molecule has 0 aliphatic heterocycles. The number of rotatable bonds is 11. The van der Waals surface area contributed by atoms with Crippen molar-refractivity contribution in [3.8, 4) is 0 Å². The summed E-state index contributed by atoms with van der Waals surface area (Å²) >= 11 is 2.00. The maximum absolute atomic E-state index is 5.73. The molecule has 1 atom stereocenters. The van der Waals surface area contributed by atoms with Crippen molar-refractivity contribution in [2.24, 2.45) is 0 Å². The maximum Gasteiger partial charge on any atom is 0.0665 e. The summed E-state index contributed by atoms with van der Waals surface area (Å²) in [6.45, 7) is 11.4. The second kappa shape index (κ2) is 11.1. The first kappa shape index (κ1) is 20.6. The molecule has 0 N–H and O–H groups in total. The highest BCUT2D eigenvalue weighted by molar-refractivity contribution is 7.99. The third-order valence-electron chi connectivity index (χ3n) is 4.45. The Labute approximate surface area is 148 Å². The Balaban J connectivity index is 2.74. The van der Waals surface area contributed by atoms with Crippen LogP contribution in [0.5, 0.6) is 0 Å². The molecular weight excluding hydrogens is 300 g/mol. The van der Waals surface area contributed by atoms with Gasteiger partial charge in [0.2, 0.25) is 0 Å². The van der Waals surface area contributed by atoms with Crippen LogP contribution >= 0.6 is 11.8 Å². The van der Waals surface area contributed by atoms with Crippen LogP contribution in [0, 0.1) is 0 Å². The van der Waals surface area contributed by atoms with E-state index in [0.717, 1.165) is 5.75 Å². The van der Waals surface area contributed by atoms with Gasteiger partial charge in [-0.3, -0.25) is 0 Å². The minimum Gasteiger partial charge on any atom is -0.381 e. The average Bonchev–Trinajstić information content (AvgIpc) is 2.53. The van der Waals surface area contributed by atoms with Crippen LogP contribution in [0.3, 0.4) is 0 Å². The van der Waals surface area contributed by atoms with E-state index in [1.54, 1.807) is 0 Å². The lowest BCUT2D eigenvalue weighted by Gasteiger charge is -2.21. The van der Waals surface area contributed by atoms with E-state index in [4.69, 9.17) is 4.74 Å². The van der Waals surface area contributed by atoms with Crippen molar-refractivity contribution in [3.63, 3.8) is 0 Å². The van der Waals surface area contributed by atoms with E-state index >= 15 is 0 Å². The van der Waals surface area contributed by atoms with Crippen LogP contribution in [0.1, 0.15) is 89.7 Å². The Morgan fingerprint density at radius 1 is 0.957 bits per heavy atom. The van der Waals surface area contributed by atoms with Gasteiger partial charge >= 0.3 is 0 Å². The first-order chi connectivity index (χ1) is 11.0. The van der Waals surface area contributed by atoms with Gasteiger partial charge in [-0.2, -0.15) is 0 Å². The van der Waals surface area contributed by atoms with Crippen molar-refractivity contribution in [2.45, 2.75) is 89.6 Å². The van der Waals surface area contributed by atoms with Crippen molar-refractivity contribution in [1.29, 1.82) is 0 Å². The number of hydrogen-bond donors (Lipinski definition) is 0. The smallest absolute Gasteiger partial charge is 0.0665 e. The molecule has 0 unspecified atom stereocenters. The number of unbranched alkanes of at least 4 members (excludes halogenated alkanes) is 3. The molecule has 0 bridgehead atoms. The maximum atomic E-state index is 5.73. The van der Waals surface area contributed by atoms with Gasteiger partial charge in [-0.25, -0.2) is 0 Å². The molecule has 1 rings (SSSR count). The fourth-order valence-electron chi connectivity index (χ4n) is 2.89. The van der Waals surface area contributed by atoms with E-state index in [1.807, 2.05) is 18.9 Å². The standard InChI is InChI=1S/C21H36OS/c1-7-8-9-10-12-18(22-6)15-23-21-19(16(2)3)13-11-14-20(21)17(4)5/h11,13-14,16-18H,7-10,12,15H2,1-6H3/t18-/m1/s1. The Morgan fingerprint density at radius 2 is 1.57 bits per heavy atom. The van der Waals surface area contributed by atoms with Gasteiger partial charge in [0.05, 0.1) is 6.10 Å². The molecule has 1 nitrogen and oxygen atoms in total. The average molecular weight is 337 g/mol. The molecule has 0 saturated carbocycles. The quantitative estimate of drug-likeness (QED) is 0.317. The number of hydrogen-bond acceptors (Lipinski definition) is 2. The van der Waals surface area contributed by atoms with Crippen molar-refractivity contribution >= 4 is 11.8 Å². The molecule has 132 valence electrons. The molecule has 0 aliphatic carbocycles. The lowest BCUT2D eigenvalue weighted by molar-refractivity contribution is 0.112. The molecule has 0 aliphatic rings. The van der Waals surface area contributed by atoms with Gasteiger partial charge in [0.1, 0.15) is 0 Å². The van der Waals surface area contributed by atoms with E-state index in [0.29, 0.717) is 17.9 Å². The molecule has 0 saturated heterocycles. The molecule has 2 heteroatoms. The molecular formula is C21H36OS. The molecule has 0 amide bonds. The lowest BCUT2D eigenvalue weighted by Crippen LogP contribution is -2.14. The van der Waals surface area contributed by atoms with Gasteiger partial charge in [0.25, 0.3) is 0 Å². The largest absolute Gasteiger partial charge is 0.381 e. The van der Waals surface area contributed by atoms with Crippen molar-refractivity contribution in [3.05, 3.63) is 29.3 Å². The van der Waals surface area contributed by atoms with Crippen molar-refractivity contribution in [2.75, 3.05) is 12.9 Å². The fourth-order valence-corrected chi connectivity index (χ4v) is 4.49. The summed E-state index contributed by atoms with van der Waals surface area (Å²) in [6, 6.07) is 6.80. The summed E-state index contributed by atoms with van der Waals surface area (Å²) in [7, 11) is 1.86. The second-order valence-electron chi connectivity index (χ2n) is 7.09. The van der Waals surface area contributed by atoms with E-state index in [1.165, 1.54) is 48.1 Å². The molecule has 0 aromatic heterocycles. The summed E-state index contributed by atoms with van der Waals surface area (Å²) in [5.41, 5.74) is 2.98. The molecule has 0 radical (unpaired) electrons. The molecule has 0 heterocycles. The second-order valence-corrected chi connectivity index (χ2v) is 8.12. The van der Waals surface area contributed by atoms with Crippen LogP contribution in [0.2, 0.25) is 0 Å². The minimum absolute atomic E-state index is 0.372. The van der Waals surface area contributed by atoms with Gasteiger partial charge in [0.15, 0.2) is 0 Å². The monoisotopic (exact) mass is 336 g/mol. The third kappa shape index (κ3) is 6.89. The van der Waals surface area contributed by atoms with Crippen LogP contribution in [-0.2, 0) is 4.74 Å². The zero-order chi connectivity index (χ0) is 17.2. The van der Waals surface area contributed by atoms with E-state index in [9.17, 15) is 0 Å². The Morgan fingerprint density at radius 3 is 2.04 bits per heavy atom. The summed E-state index contributed by atoms with van der Waals surface area (Å²) < 4.78 is 5.73. The van der Waals surface area contributed by atoms with Crippen molar-refractivity contribution in [1.82, 2.24) is 0 Å². The highest BCUT2D eigenvalue weighted by Gasteiger charge is 2.16. The van der Waals surface area contributed by atoms with Crippen LogP contribution in [0.4, 0.5) is 0 Å². The molecule has 1 aromatic rings. The van der Waals surface area contributed by atoms with Gasteiger partial charge < -0.3 is 4.74 Å². The predicted molar refractivity (Wildman–Crippen MR) is 105 cm³/mol. The van der Waals surface area contributed by atoms with Gasteiger partial charge in [-0.05, 0) is 29.4 Å². The zero-order valence-corrected chi connectivity index (χ0v) is 16.8. The van der Waals surface area contributed by atoms with Crippen LogP contribution in [0.25, 0.3) is 0 Å². The summed E-state index contributed by atoms with van der Waals surface area (Å²) in [4.78, 5) is 1.49. The highest BCUT2D eigenvalue weighted by atomic mass is 32.2. The van der Waals surface area contributed by atoms with E-state index in [2.05, 4.69) is 52.8 Å². The Bertz CT molecular complexity index is 413. The summed E-state index contributed by atoms with van der Waals surface area (Å²) in [6.07, 6.45) is 6.82. The van der Waals surface area contributed by atoms with Gasteiger partial charge in [0, 0.05) is 17.8 Å². The number of thioether (sulfide) groups is 1. The topological polar surface area (TPSA) is 9.23 Å². The summed E-state index contributed by atoms with van der Waals surface area (Å²) in [5, 5.41) is 0. The zero-order valence-electron chi connectivity index (χ0n) is 16.0. The first-order valence-electron chi connectivity index (χ1n) is 9.29. The minimum atomic E-state index is 0.372. The highest BCUT2D eigenvalue weighted by Crippen LogP contribution is 2.36. The molecule has 1 aromatic carbocycles. The Kier molecular flexibility index (Phi) is 9.97. The van der Waals surface area contributed by atoms with Gasteiger partial charge in [-0.15, -0.1) is 11.8 Å².